The molecule has 0 fully saturated rings. The van der Waals surface area contributed by atoms with E-state index in [1.165, 1.54) is 9.58 Å². The summed E-state index contributed by atoms with van der Waals surface area (Å²) in [6.07, 6.45) is 2.12. The van der Waals surface area contributed by atoms with E-state index in [0.717, 1.165) is 29.5 Å². The van der Waals surface area contributed by atoms with Crippen molar-refractivity contribution < 1.29 is 14.4 Å². The lowest BCUT2D eigenvalue weighted by Gasteiger charge is -2.25. The molecular weight excluding hydrogens is 512 g/mol. The van der Waals surface area contributed by atoms with Crippen LogP contribution in [0.25, 0.3) is 10.9 Å². The molecule has 197 valence electrons. The normalized spacial score (nSPS) is 13.3. The largest absolute Gasteiger partial charge is 0.361 e. The topological polar surface area (TPSA) is 108 Å². The molecule has 3 aromatic carbocycles. The molecule has 2 heterocycles. The van der Waals surface area contributed by atoms with Gasteiger partial charge in [-0.2, -0.15) is 9.78 Å². The Morgan fingerprint density at radius 3 is 2.38 bits per heavy atom. The molecule has 10 heteroatoms. The van der Waals surface area contributed by atoms with Crippen molar-refractivity contribution in [2.45, 2.75) is 32.2 Å². The van der Waals surface area contributed by atoms with E-state index in [1.54, 1.807) is 36.4 Å². The van der Waals surface area contributed by atoms with Crippen molar-refractivity contribution in [3.05, 3.63) is 101 Å². The number of hydrogen-bond donors (Lipinski definition) is 3. The van der Waals surface area contributed by atoms with Gasteiger partial charge in [0.15, 0.2) is 5.11 Å². The highest BCUT2D eigenvalue weighted by Gasteiger charge is 2.36. The van der Waals surface area contributed by atoms with Gasteiger partial charge < -0.3 is 5.32 Å². The maximum Gasteiger partial charge on any atom is 0.361 e. The van der Waals surface area contributed by atoms with Crippen LogP contribution in [0.1, 0.15) is 45.3 Å². The van der Waals surface area contributed by atoms with Crippen LogP contribution in [0, 0.1) is 6.07 Å². The first-order valence-electron chi connectivity index (χ1n) is 12.7. The average Bonchev–Trinajstić information content (AvgIpc) is 3.43. The fourth-order valence-electron chi connectivity index (χ4n) is 4.71. The molecule has 0 saturated carbocycles. The first-order valence-corrected chi connectivity index (χ1v) is 13.1. The van der Waals surface area contributed by atoms with Crippen molar-refractivity contribution in [3.8, 4) is 0 Å². The monoisotopic (exact) mass is 539 g/mol. The maximum absolute atomic E-state index is 13.0. The average molecular weight is 540 g/mol. The predicted molar refractivity (Wildman–Crippen MR) is 151 cm³/mol. The second-order valence-electron chi connectivity index (χ2n) is 9.23. The lowest BCUT2D eigenvalue weighted by molar-refractivity contribution is 0.0641. The van der Waals surface area contributed by atoms with Crippen LogP contribution in [0.15, 0.2) is 72.8 Å². The fourth-order valence-corrected chi connectivity index (χ4v) is 4.93. The minimum Gasteiger partial charge on any atom is -0.356 e. The molecule has 1 atom stereocenters. The third-order valence-electron chi connectivity index (χ3n) is 6.50. The second-order valence-corrected chi connectivity index (χ2v) is 9.64. The molecule has 0 aliphatic carbocycles. The summed E-state index contributed by atoms with van der Waals surface area (Å²) < 4.78 is 1.30. The van der Waals surface area contributed by atoms with Gasteiger partial charge in [-0.1, -0.05) is 61.9 Å². The molecule has 0 spiro atoms. The number of carbonyl (C=O) groups excluding carboxylic acids is 3. The Morgan fingerprint density at radius 2 is 1.69 bits per heavy atom. The molecule has 39 heavy (non-hydrogen) atoms. The Labute approximate surface area is 231 Å². The van der Waals surface area contributed by atoms with Crippen LogP contribution in [0.3, 0.4) is 0 Å². The number of thiocarbonyl (C=S) groups is 1. The number of imide groups is 1. The number of hydrazine groups is 1. The van der Waals surface area contributed by atoms with Gasteiger partial charge in [0.25, 0.3) is 11.8 Å². The molecule has 4 aromatic rings. The van der Waals surface area contributed by atoms with E-state index < -0.39 is 12.1 Å². The smallest absolute Gasteiger partial charge is 0.356 e. The van der Waals surface area contributed by atoms with Crippen molar-refractivity contribution in [1.29, 1.82) is 0 Å². The van der Waals surface area contributed by atoms with E-state index in [1.807, 2.05) is 36.4 Å². The lowest BCUT2D eigenvalue weighted by Crippen LogP contribution is -2.54. The lowest BCUT2D eigenvalue weighted by atomic mass is 10.1. The van der Waals surface area contributed by atoms with Crippen LogP contribution < -0.4 is 16.2 Å². The number of rotatable bonds is 7. The fraction of sp³-hybridized carbons (Fsp3) is 0.207. The van der Waals surface area contributed by atoms with Gasteiger partial charge in [-0.15, -0.1) is 0 Å². The summed E-state index contributed by atoms with van der Waals surface area (Å²) in [7, 11) is 0. The van der Waals surface area contributed by atoms with Crippen LogP contribution in [0.2, 0.25) is 0 Å². The van der Waals surface area contributed by atoms with Gasteiger partial charge in [-0.25, -0.2) is 10.2 Å². The van der Waals surface area contributed by atoms with Gasteiger partial charge in [-0.05, 0) is 61.0 Å². The van der Waals surface area contributed by atoms with Gasteiger partial charge in [0.1, 0.15) is 0 Å². The number of aromatic nitrogens is 2. The molecule has 1 aliphatic rings. The van der Waals surface area contributed by atoms with Gasteiger partial charge in [0.05, 0.1) is 28.4 Å². The molecule has 0 unspecified atom stereocenters. The third-order valence-corrected chi connectivity index (χ3v) is 6.72. The summed E-state index contributed by atoms with van der Waals surface area (Å²) in [5.74, 6) is -0.679. The van der Waals surface area contributed by atoms with E-state index in [0.29, 0.717) is 23.1 Å². The summed E-state index contributed by atoms with van der Waals surface area (Å²) in [6, 6.07) is 23.9. The SMILES string of the molecule is CCCc1nn(C(=O)NNC(=S)N[C@@H](Cc2ccccc2)CN2C(=O)c3ccccc3C2=O)c2cc[c]cc12. The zero-order chi connectivity index (χ0) is 27.4. The van der Waals surface area contributed by atoms with Crippen LogP contribution in [0.4, 0.5) is 4.79 Å². The molecule has 3 amide bonds. The molecule has 1 aliphatic heterocycles. The predicted octanol–water partition coefficient (Wildman–Crippen LogP) is 3.63. The first-order chi connectivity index (χ1) is 19.0. The second kappa shape index (κ2) is 11.4. The van der Waals surface area contributed by atoms with Crippen LogP contribution >= 0.6 is 12.2 Å². The van der Waals surface area contributed by atoms with Crippen molar-refractivity contribution in [2.24, 2.45) is 0 Å². The van der Waals surface area contributed by atoms with Crippen LogP contribution in [0.5, 0.6) is 0 Å². The zero-order valence-electron chi connectivity index (χ0n) is 21.3. The van der Waals surface area contributed by atoms with Crippen molar-refractivity contribution >= 4 is 46.1 Å². The quantitative estimate of drug-likeness (QED) is 0.187. The minimum absolute atomic E-state index is 0.0949. The number of nitrogens with zero attached hydrogens (tertiary/aromatic N) is 3. The van der Waals surface area contributed by atoms with Crippen LogP contribution in [-0.2, 0) is 12.8 Å². The molecule has 1 radical (unpaired) electrons. The van der Waals surface area contributed by atoms with E-state index in [4.69, 9.17) is 12.2 Å². The Morgan fingerprint density at radius 1 is 1.00 bits per heavy atom. The Kier molecular flexibility index (Phi) is 7.64. The van der Waals surface area contributed by atoms with E-state index >= 15 is 0 Å². The van der Waals surface area contributed by atoms with Gasteiger partial charge >= 0.3 is 6.03 Å². The Balaban J connectivity index is 1.28. The van der Waals surface area contributed by atoms with Crippen molar-refractivity contribution in [1.82, 2.24) is 30.8 Å². The number of carbonyl (C=O) groups is 3. The maximum atomic E-state index is 13.0. The summed E-state index contributed by atoms with van der Waals surface area (Å²) >= 11 is 5.47. The van der Waals surface area contributed by atoms with Gasteiger partial charge in [0.2, 0.25) is 0 Å². The molecule has 9 nitrogen and oxygen atoms in total. The van der Waals surface area contributed by atoms with E-state index in [2.05, 4.69) is 34.3 Å². The summed E-state index contributed by atoms with van der Waals surface area (Å²) in [6.45, 7) is 2.15. The number of hydrogen-bond acceptors (Lipinski definition) is 5. The van der Waals surface area contributed by atoms with Crippen molar-refractivity contribution in [2.75, 3.05) is 6.54 Å². The van der Waals surface area contributed by atoms with E-state index in [-0.39, 0.29) is 23.5 Å². The highest BCUT2D eigenvalue weighted by molar-refractivity contribution is 7.80. The third kappa shape index (κ3) is 5.51. The summed E-state index contributed by atoms with van der Waals surface area (Å²) in [4.78, 5) is 40.1. The van der Waals surface area contributed by atoms with Gasteiger partial charge in [0, 0.05) is 11.9 Å². The number of fused-ring (bicyclic) bond motifs is 2. The summed E-state index contributed by atoms with van der Waals surface area (Å²) in [5.41, 5.74) is 8.60. The molecule has 5 rings (SSSR count). The number of aryl methyl sites for hydroxylation is 1. The number of nitrogens with one attached hydrogen (secondary N) is 3. The van der Waals surface area contributed by atoms with Crippen LogP contribution in [-0.4, -0.2) is 50.2 Å². The molecule has 1 aromatic heterocycles. The molecular formula is C29H27N6O3S. The van der Waals surface area contributed by atoms with E-state index in [9.17, 15) is 14.4 Å². The van der Waals surface area contributed by atoms with Crippen molar-refractivity contribution in [3.63, 3.8) is 0 Å². The zero-order valence-corrected chi connectivity index (χ0v) is 22.1. The Bertz CT molecular complexity index is 1520. The molecule has 3 N–H and O–H groups in total. The number of amides is 3. The first kappa shape index (κ1) is 26.1. The molecule has 0 saturated heterocycles. The minimum atomic E-state index is -0.502. The highest BCUT2D eigenvalue weighted by atomic mass is 32.1. The standard InChI is InChI=1S/C29H27N6O3S/c1-2-10-24-23-15-8-9-16-25(23)35(33-24)29(38)32-31-28(39)30-20(17-19-11-4-3-5-12-19)18-34-26(36)21-13-6-7-14-22(21)27(34)37/h3-7,9,11-16,20H,2,10,17-18H2,1H3,(H,32,38)(H2,30,31,39)/t20-/m0/s1. The summed E-state index contributed by atoms with van der Waals surface area (Å²) in [5, 5.41) is 8.65. The molecule has 0 bridgehead atoms. The number of benzene rings is 3. The van der Waals surface area contributed by atoms with Gasteiger partial charge in [-0.3, -0.25) is 19.9 Å². The Hall–Kier alpha value is -4.57. The highest BCUT2D eigenvalue weighted by Crippen LogP contribution is 2.23.